The van der Waals surface area contributed by atoms with Gasteiger partial charge in [0.1, 0.15) is 0 Å². The Kier molecular flexibility index (Phi) is 5.04. The van der Waals surface area contributed by atoms with E-state index in [0.29, 0.717) is 38.3 Å². The zero-order chi connectivity index (χ0) is 14.8. The topological polar surface area (TPSA) is 64.0 Å². The third-order valence-corrected chi connectivity index (χ3v) is 5.03. The molecule has 0 bridgehead atoms. The third kappa shape index (κ3) is 3.93. The number of nitrogens with zero attached hydrogens (tertiary/aromatic N) is 2. The number of hydrogen-bond acceptors (Lipinski definition) is 4. The van der Waals surface area contributed by atoms with Crippen LogP contribution in [0.1, 0.15) is 38.5 Å². The minimum Gasteiger partial charge on any atom is -0.481 e. The monoisotopic (exact) mass is 284 g/mol. The summed E-state index contributed by atoms with van der Waals surface area (Å²) in [7, 11) is 4.23. The zero-order valence-electron chi connectivity index (χ0n) is 12.7. The molecule has 0 aromatic rings. The minimum atomic E-state index is -0.714. The molecule has 1 heterocycles. The van der Waals surface area contributed by atoms with Crippen molar-refractivity contribution in [1.82, 2.24) is 9.80 Å². The fraction of sp³-hybridized carbons (Fsp3) is 0.933. The molecule has 1 aliphatic carbocycles. The first-order valence-corrected chi connectivity index (χ1v) is 7.73. The van der Waals surface area contributed by atoms with Crippen LogP contribution < -0.4 is 0 Å². The van der Waals surface area contributed by atoms with Gasteiger partial charge in [0.2, 0.25) is 0 Å². The normalized spacial score (nSPS) is 36.2. The quantitative estimate of drug-likeness (QED) is 0.807. The summed E-state index contributed by atoms with van der Waals surface area (Å²) in [6.45, 7) is 2.89. The summed E-state index contributed by atoms with van der Waals surface area (Å²) in [5.41, 5.74) is -0.698. The molecule has 1 saturated heterocycles. The van der Waals surface area contributed by atoms with Gasteiger partial charge in [-0.15, -0.1) is 0 Å². The van der Waals surface area contributed by atoms with Crippen molar-refractivity contribution in [3.63, 3.8) is 0 Å². The lowest BCUT2D eigenvalue weighted by atomic mass is 9.78. The predicted octanol–water partition coefficient (Wildman–Crippen LogP) is 1.02. The lowest BCUT2D eigenvalue weighted by Crippen LogP contribution is -2.52. The Morgan fingerprint density at radius 1 is 1.35 bits per heavy atom. The fourth-order valence-corrected chi connectivity index (χ4v) is 3.65. The number of carboxylic acid groups (broad SMARTS) is 1. The number of carboxylic acids is 1. The van der Waals surface area contributed by atoms with Gasteiger partial charge in [-0.3, -0.25) is 9.69 Å². The second-order valence-electron chi connectivity index (χ2n) is 6.81. The molecule has 20 heavy (non-hydrogen) atoms. The highest BCUT2D eigenvalue weighted by atomic mass is 16.4. The number of likely N-dealkylation sites (N-methyl/N-ethyl adjacent to an activating group) is 2. The van der Waals surface area contributed by atoms with E-state index in [1.165, 1.54) is 12.8 Å². The van der Waals surface area contributed by atoms with Crippen LogP contribution >= 0.6 is 0 Å². The van der Waals surface area contributed by atoms with Crippen LogP contribution in [0.3, 0.4) is 0 Å². The number of aliphatic hydroxyl groups is 1. The molecule has 2 rings (SSSR count). The van der Waals surface area contributed by atoms with E-state index in [-0.39, 0.29) is 5.92 Å². The molecule has 0 aromatic carbocycles. The Morgan fingerprint density at radius 3 is 2.55 bits per heavy atom. The summed E-state index contributed by atoms with van der Waals surface area (Å²) in [6, 6.07) is 0.509. The van der Waals surface area contributed by atoms with E-state index in [1.807, 2.05) is 0 Å². The summed E-state index contributed by atoms with van der Waals surface area (Å²) in [5, 5.41) is 19.7. The van der Waals surface area contributed by atoms with Crippen molar-refractivity contribution in [2.75, 3.05) is 33.7 Å². The number of likely N-dealkylation sites (tertiary alicyclic amines) is 1. The summed E-state index contributed by atoms with van der Waals surface area (Å²) in [6.07, 6.45) is 4.82. The molecule has 1 aliphatic heterocycles. The summed E-state index contributed by atoms with van der Waals surface area (Å²) in [5.74, 6) is -0.976. The maximum absolute atomic E-state index is 11.0. The number of carbonyl (C=O) groups is 1. The highest BCUT2D eigenvalue weighted by molar-refractivity contribution is 5.70. The van der Waals surface area contributed by atoms with Gasteiger partial charge in [-0.2, -0.15) is 0 Å². The van der Waals surface area contributed by atoms with Gasteiger partial charge in [0.15, 0.2) is 0 Å². The third-order valence-electron chi connectivity index (χ3n) is 5.03. The van der Waals surface area contributed by atoms with Crippen LogP contribution in [-0.2, 0) is 4.79 Å². The van der Waals surface area contributed by atoms with Crippen LogP contribution in [0, 0.1) is 5.92 Å². The molecule has 1 unspecified atom stereocenters. The molecule has 0 aromatic heterocycles. The molecule has 1 atom stereocenters. The second-order valence-corrected chi connectivity index (χ2v) is 6.81. The Labute approximate surface area is 121 Å². The van der Waals surface area contributed by atoms with Crippen LogP contribution in [0.25, 0.3) is 0 Å². The van der Waals surface area contributed by atoms with E-state index in [0.717, 1.165) is 13.1 Å². The molecule has 116 valence electrons. The first kappa shape index (κ1) is 15.7. The Bertz CT molecular complexity index is 340. The average molecular weight is 284 g/mol. The molecular formula is C15H28N2O3. The molecule has 0 radical (unpaired) electrons. The Morgan fingerprint density at radius 2 is 2.00 bits per heavy atom. The van der Waals surface area contributed by atoms with Crippen molar-refractivity contribution in [3.05, 3.63) is 0 Å². The standard InChI is InChI=1S/C15H28N2O3/c1-16-9-3-4-13(10-16)17(2)11-15(20)7-5-12(6-8-15)14(18)19/h12-13,20H,3-11H2,1-2H3,(H,18,19). The largest absolute Gasteiger partial charge is 0.481 e. The molecule has 2 aliphatic rings. The maximum Gasteiger partial charge on any atom is 0.306 e. The highest BCUT2D eigenvalue weighted by Gasteiger charge is 2.37. The van der Waals surface area contributed by atoms with Gasteiger partial charge in [0.05, 0.1) is 11.5 Å². The van der Waals surface area contributed by atoms with Gasteiger partial charge in [-0.25, -0.2) is 0 Å². The zero-order valence-corrected chi connectivity index (χ0v) is 12.7. The summed E-state index contributed by atoms with van der Waals surface area (Å²) >= 11 is 0. The Hall–Kier alpha value is -0.650. The molecule has 2 fully saturated rings. The molecule has 5 heteroatoms. The molecule has 0 spiro atoms. The molecule has 1 saturated carbocycles. The number of hydrogen-bond donors (Lipinski definition) is 2. The van der Waals surface area contributed by atoms with E-state index in [2.05, 4.69) is 23.9 Å². The van der Waals surface area contributed by atoms with Gasteiger partial charge in [-0.1, -0.05) is 0 Å². The van der Waals surface area contributed by atoms with E-state index < -0.39 is 11.6 Å². The minimum absolute atomic E-state index is 0.263. The van der Waals surface area contributed by atoms with Crippen LogP contribution in [0.5, 0.6) is 0 Å². The fourth-order valence-electron chi connectivity index (χ4n) is 3.65. The number of aliphatic carboxylic acids is 1. The van der Waals surface area contributed by atoms with Gasteiger partial charge in [0, 0.05) is 19.1 Å². The maximum atomic E-state index is 11.0. The molecule has 5 nitrogen and oxygen atoms in total. The van der Waals surface area contributed by atoms with E-state index in [1.54, 1.807) is 0 Å². The molecule has 2 N–H and O–H groups in total. The van der Waals surface area contributed by atoms with Gasteiger partial charge in [0.25, 0.3) is 0 Å². The van der Waals surface area contributed by atoms with Crippen molar-refractivity contribution < 1.29 is 15.0 Å². The number of piperidine rings is 1. The van der Waals surface area contributed by atoms with Crippen molar-refractivity contribution in [3.8, 4) is 0 Å². The highest BCUT2D eigenvalue weighted by Crippen LogP contribution is 2.33. The van der Waals surface area contributed by atoms with Crippen molar-refractivity contribution >= 4 is 5.97 Å². The molecule has 0 amide bonds. The van der Waals surface area contributed by atoms with Crippen LogP contribution in [-0.4, -0.2) is 71.4 Å². The summed E-state index contributed by atoms with van der Waals surface area (Å²) < 4.78 is 0. The van der Waals surface area contributed by atoms with Gasteiger partial charge < -0.3 is 15.1 Å². The van der Waals surface area contributed by atoms with Crippen LogP contribution in [0.15, 0.2) is 0 Å². The van der Waals surface area contributed by atoms with E-state index >= 15 is 0 Å². The second kappa shape index (κ2) is 6.41. The predicted molar refractivity (Wildman–Crippen MR) is 77.7 cm³/mol. The SMILES string of the molecule is CN1CCCC(N(C)CC2(O)CCC(C(=O)O)CC2)C1. The van der Waals surface area contributed by atoms with Crippen LogP contribution in [0.2, 0.25) is 0 Å². The smallest absolute Gasteiger partial charge is 0.306 e. The van der Waals surface area contributed by atoms with E-state index in [9.17, 15) is 9.90 Å². The van der Waals surface area contributed by atoms with Gasteiger partial charge in [-0.05, 0) is 59.2 Å². The molecular weight excluding hydrogens is 256 g/mol. The van der Waals surface area contributed by atoms with Crippen LogP contribution in [0.4, 0.5) is 0 Å². The average Bonchev–Trinajstić information content (AvgIpc) is 2.38. The first-order chi connectivity index (χ1) is 9.39. The lowest BCUT2D eigenvalue weighted by Gasteiger charge is -2.42. The van der Waals surface area contributed by atoms with E-state index in [4.69, 9.17) is 5.11 Å². The van der Waals surface area contributed by atoms with Gasteiger partial charge >= 0.3 is 5.97 Å². The van der Waals surface area contributed by atoms with Crippen molar-refractivity contribution in [2.24, 2.45) is 5.92 Å². The van der Waals surface area contributed by atoms with Crippen molar-refractivity contribution in [2.45, 2.75) is 50.2 Å². The lowest BCUT2D eigenvalue weighted by molar-refractivity contribution is -0.145. The number of rotatable bonds is 4. The Balaban J connectivity index is 1.84. The first-order valence-electron chi connectivity index (χ1n) is 7.73. The van der Waals surface area contributed by atoms with Crippen molar-refractivity contribution in [1.29, 1.82) is 0 Å². The summed E-state index contributed by atoms with van der Waals surface area (Å²) in [4.78, 5) is 15.6.